The summed E-state index contributed by atoms with van der Waals surface area (Å²) in [5, 5.41) is 23.8. The van der Waals surface area contributed by atoms with Gasteiger partial charge < -0.3 is 15.7 Å². The second-order valence-electron chi connectivity index (χ2n) is 5.32. The number of nitrogens with zero attached hydrogens (tertiary/aromatic N) is 1. The van der Waals surface area contributed by atoms with Crippen LogP contribution in [-0.2, 0) is 9.59 Å². The predicted octanol–water partition coefficient (Wildman–Crippen LogP) is 2.77. The number of aliphatic carboxylic acids is 1. The van der Waals surface area contributed by atoms with Crippen LogP contribution in [-0.4, -0.2) is 23.0 Å². The van der Waals surface area contributed by atoms with Gasteiger partial charge in [-0.15, -0.1) is 0 Å². The first kappa shape index (κ1) is 18.5. The molecular formula is C16H18ClN3O3. The van der Waals surface area contributed by atoms with Crippen molar-refractivity contribution in [3.63, 3.8) is 0 Å². The standard InChI is InChI=1S/C16H18ClN3O3/c1-10(2)6-14(16(22)23)19-9-11(8-18)15(21)20-13-5-3-4-12(17)7-13/h3-5,7,9-10,14,19H,6H2,1-2H3,(H,20,21)(H,22,23)/b11-9-. The summed E-state index contributed by atoms with van der Waals surface area (Å²) >= 11 is 5.82. The van der Waals surface area contributed by atoms with Gasteiger partial charge in [0, 0.05) is 16.9 Å². The summed E-state index contributed by atoms with van der Waals surface area (Å²) in [5.74, 6) is -1.53. The molecule has 0 aromatic heterocycles. The van der Waals surface area contributed by atoms with Crippen molar-refractivity contribution in [2.24, 2.45) is 5.92 Å². The number of amides is 1. The molecule has 1 atom stereocenters. The summed E-state index contributed by atoms with van der Waals surface area (Å²) in [6.07, 6.45) is 1.50. The minimum absolute atomic E-state index is 0.155. The fourth-order valence-corrected chi connectivity index (χ4v) is 2.00. The van der Waals surface area contributed by atoms with Gasteiger partial charge in [-0.25, -0.2) is 4.79 Å². The Kier molecular flexibility index (Phi) is 7.10. The molecule has 0 spiro atoms. The number of carboxylic acid groups (broad SMARTS) is 1. The summed E-state index contributed by atoms with van der Waals surface area (Å²) in [6.45, 7) is 3.77. The lowest BCUT2D eigenvalue weighted by Crippen LogP contribution is -2.35. The largest absolute Gasteiger partial charge is 0.480 e. The molecule has 23 heavy (non-hydrogen) atoms. The minimum atomic E-state index is -1.04. The van der Waals surface area contributed by atoms with Crippen molar-refractivity contribution in [2.75, 3.05) is 5.32 Å². The lowest BCUT2D eigenvalue weighted by molar-refractivity contribution is -0.139. The van der Waals surface area contributed by atoms with E-state index in [2.05, 4.69) is 10.6 Å². The van der Waals surface area contributed by atoms with E-state index in [0.29, 0.717) is 17.1 Å². The Hall–Kier alpha value is -2.52. The first-order valence-corrected chi connectivity index (χ1v) is 7.37. The predicted molar refractivity (Wildman–Crippen MR) is 87.8 cm³/mol. The first-order valence-electron chi connectivity index (χ1n) is 6.99. The normalized spacial score (nSPS) is 12.4. The van der Waals surface area contributed by atoms with Crippen LogP contribution in [0, 0.1) is 17.2 Å². The molecule has 1 aromatic carbocycles. The first-order chi connectivity index (χ1) is 10.8. The molecule has 1 aromatic rings. The van der Waals surface area contributed by atoms with E-state index in [0.717, 1.165) is 6.20 Å². The third-order valence-corrected chi connectivity index (χ3v) is 3.12. The Bertz CT molecular complexity index is 650. The Labute approximate surface area is 139 Å². The number of carbonyl (C=O) groups excluding carboxylic acids is 1. The van der Waals surface area contributed by atoms with E-state index in [1.807, 2.05) is 13.8 Å². The van der Waals surface area contributed by atoms with Crippen molar-refractivity contribution in [3.05, 3.63) is 41.1 Å². The molecule has 0 aliphatic rings. The molecule has 1 rings (SSSR count). The van der Waals surface area contributed by atoms with Gasteiger partial charge in [0.25, 0.3) is 5.91 Å². The Morgan fingerprint density at radius 2 is 2.13 bits per heavy atom. The maximum absolute atomic E-state index is 12.0. The van der Waals surface area contributed by atoms with Crippen LogP contribution in [0.3, 0.4) is 0 Å². The topological polar surface area (TPSA) is 102 Å². The fraction of sp³-hybridized carbons (Fsp3) is 0.312. The Morgan fingerprint density at radius 3 is 2.65 bits per heavy atom. The number of nitriles is 1. The average Bonchev–Trinajstić information content (AvgIpc) is 2.46. The zero-order valence-electron chi connectivity index (χ0n) is 12.8. The highest BCUT2D eigenvalue weighted by molar-refractivity contribution is 6.31. The fourth-order valence-electron chi connectivity index (χ4n) is 1.81. The summed E-state index contributed by atoms with van der Waals surface area (Å²) in [4.78, 5) is 23.2. The Morgan fingerprint density at radius 1 is 1.43 bits per heavy atom. The lowest BCUT2D eigenvalue weighted by atomic mass is 10.0. The van der Waals surface area contributed by atoms with Gasteiger partial charge in [0.05, 0.1) is 0 Å². The van der Waals surface area contributed by atoms with Crippen LogP contribution in [0.5, 0.6) is 0 Å². The SMILES string of the molecule is CC(C)CC(N/C=C(/C#N)C(=O)Nc1cccc(Cl)c1)C(=O)O. The highest BCUT2D eigenvalue weighted by Gasteiger charge is 2.18. The zero-order valence-corrected chi connectivity index (χ0v) is 13.6. The molecule has 0 saturated heterocycles. The summed E-state index contributed by atoms with van der Waals surface area (Å²) in [7, 11) is 0. The van der Waals surface area contributed by atoms with Gasteiger partial charge in [-0.05, 0) is 30.5 Å². The van der Waals surface area contributed by atoms with Crippen LogP contribution in [0.25, 0.3) is 0 Å². The van der Waals surface area contributed by atoms with Crippen LogP contribution < -0.4 is 10.6 Å². The maximum atomic E-state index is 12.0. The number of hydrogen-bond acceptors (Lipinski definition) is 4. The molecule has 1 unspecified atom stereocenters. The molecule has 0 aliphatic carbocycles. The van der Waals surface area contributed by atoms with Gasteiger partial charge in [-0.3, -0.25) is 4.79 Å². The summed E-state index contributed by atoms with van der Waals surface area (Å²) in [6, 6.07) is 7.37. The van der Waals surface area contributed by atoms with Gasteiger partial charge in [0.2, 0.25) is 0 Å². The quantitative estimate of drug-likeness (QED) is 0.525. The molecular weight excluding hydrogens is 318 g/mol. The molecule has 0 bridgehead atoms. The number of carboxylic acids is 1. The molecule has 7 heteroatoms. The number of benzene rings is 1. The number of nitrogens with one attached hydrogen (secondary N) is 2. The number of hydrogen-bond donors (Lipinski definition) is 3. The van der Waals surface area contributed by atoms with Crippen molar-refractivity contribution in [1.82, 2.24) is 5.32 Å². The van der Waals surface area contributed by atoms with E-state index >= 15 is 0 Å². The minimum Gasteiger partial charge on any atom is -0.480 e. The van der Waals surface area contributed by atoms with Gasteiger partial charge in [0.15, 0.2) is 0 Å². The second kappa shape index (κ2) is 8.81. The molecule has 0 saturated carbocycles. The van der Waals surface area contributed by atoms with Crippen LogP contribution in [0.2, 0.25) is 5.02 Å². The third-order valence-electron chi connectivity index (χ3n) is 2.88. The van der Waals surface area contributed by atoms with E-state index in [9.17, 15) is 9.59 Å². The third kappa shape index (κ3) is 6.41. The molecule has 3 N–H and O–H groups in total. The second-order valence-corrected chi connectivity index (χ2v) is 5.76. The monoisotopic (exact) mass is 335 g/mol. The van der Waals surface area contributed by atoms with E-state index in [1.165, 1.54) is 0 Å². The van der Waals surface area contributed by atoms with E-state index in [4.69, 9.17) is 22.0 Å². The van der Waals surface area contributed by atoms with Crippen LogP contribution in [0.4, 0.5) is 5.69 Å². The number of anilines is 1. The van der Waals surface area contributed by atoms with E-state index in [1.54, 1.807) is 30.3 Å². The van der Waals surface area contributed by atoms with Crippen molar-refractivity contribution >= 4 is 29.2 Å². The van der Waals surface area contributed by atoms with Gasteiger partial charge in [-0.2, -0.15) is 5.26 Å². The number of carbonyl (C=O) groups is 2. The smallest absolute Gasteiger partial charge is 0.326 e. The maximum Gasteiger partial charge on any atom is 0.326 e. The van der Waals surface area contributed by atoms with Crippen molar-refractivity contribution < 1.29 is 14.7 Å². The summed E-state index contributed by atoms with van der Waals surface area (Å²) < 4.78 is 0. The molecule has 0 fully saturated rings. The van der Waals surface area contributed by atoms with E-state index < -0.39 is 17.9 Å². The van der Waals surface area contributed by atoms with Gasteiger partial charge >= 0.3 is 5.97 Å². The average molecular weight is 336 g/mol. The molecule has 122 valence electrons. The number of rotatable bonds is 7. The van der Waals surface area contributed by atoms with Crippen molar-refractivity contribution in [2.45, 2.75) is 26.3 Å². The number of halogens is 1. The molecule has 1 amide bonds. The lowest BCUT2D eigenvalue weighted by Gasteiger charge is -2.15. The molecule has 0 heterocycles. The highest BCUT2D eigenvalue weighted by Crippen LogP contribution is 2.15. The zero-order chi connectivity index (χ0) is 17.4. The van der Waals surface area contributed by atoms with Crippen LogP contribution in [0.1, 0.15) is 20.3 Å². The molecule has 0 radical (unpaired) electrons. The van der Waals surface area contributed by atoms with Gasteiger partial charge in [0.1, 0.15) is 17.7 Å². The van der Waals surface area contributed by atoms with Crippen LogP contribution >= 0.6 is 11.6 Å². The summed E-state index contributed by atoms with van der Waals surface area (Å²) in [5.41, 5.74) is 0.223. The molecule has 6 nitrogen and oxygen atoms in total. The van der Waals surface area contributed by atoms with Crippen LogP contribution in [0.15, 0.2) is 36.0 Å². The van der Waals surface area contributed by atoms with E-state index in [-0.39, 0.29) is 11.5 Å². The van der Waals surface area contributed by atoms with Crippen molar-refractivity contribution in [3.8, 4) is 6.07 Å². The van der Waals surface area contributed by atoms with Crippen molar-refractivity contribution in [1.29, 1.82) is 5.26 Å². The van der Waals surface area contributed by atoms with Gasteiger partial charge in [-0.1, -0.05) is 31.5 Å². The molecule has 0 aliphatic heterocycles. The highest BCUT2D eigenvalue weighted by atomic mass is 35.5. The Balaban J connectivity index is 2.79.